The fraction of sp³-hybridized carbons (Fsp3) is 0.300. The molecule has 3 aromatic rings. The number of fused-ring (bicyclic) bond motifs is 1. The lowest BCUT2D eigenvalue weighted by Crippen LogP contribution is -2.48. The fourth-order valence-electron chi connectivity index (χ4n) is 3.19. The third-order valence-corrected chi connectivity index (χ3v) is 6.21. The number of rotatable bonds is 4. The lowest BCUT2D eigenvalue weighted by atomic mass is 10.2. The Morgan fingerprint density at radius 2 is 1.89 bits per heavy atom. The first-order valence-electron chi connectivity index (χ1n) is 8.98. The van der Waals surface area contributed by atoms with Crippen LogP contribution in [0.4, 0.5) is 5.13 Å². The number of para-hydroxylation sites is 1. The highest BCUT2D eigenvalue weighted by Gasteiger charge is 2.24. The molecule has 0 unspecified atom stereocenters. The molecule has 1 aromatic heterocycles. The van der Waals surface area contributed by atoms with Gasteiger partial charge in [-0.15, -0.1) is 0 Å². The molecule has 7 heteroatoms. The number of benzene rings is 2. The van der Waals surface area contributed by atoms with Gasteiger partial charge >= 0.3 is 0 Å². The summed E-state index contributed by atoms with van der Waals surface area (Å²) in [5.41, 5.74) is 1.65. The van der Waals surface area contributed by atoms with Gasteiger partial charge < -0.3 is 14.5 Å². The maximum absolute atomic E-state index is 12.7. The van der Waals surface area contributed by atoms with Crippen LogP contribution in [0.25, 0.3) is 10.2 Å². The number of nitrogens with zero attached hydrogens (tertiary/aromatic N) is 3. The van der Waals surface area contributed by atoms with Crippen molar-refractivity contribution < 1.29 is 9.53 Å². The summed E-state index contributed by atoms with van der Waals surface area (Å²) in [5, 5.41) is 0.993. The standard InChI is InChI=1S/C20H20BrN3O2S/c1-2-26-16-4-3-5-17-18(16)22-20(27-17)24-12-10-23(11-13-24)19(25)14-6-8-15(21)9-7-14/h3-9H,2,10-13H2,1H3. The largest absolute Gasteiger partial charge is 0.492 e. The van der Waals surface area contributed by atoms with Gasteiger partial charge in [0, 0.05) is 36.2 Å². The number of amides is 1. The van der Waals surface area contributed by atoms with Gasteiger partial charge in [0.2, 0.25) is 0 Å². The second kappa shape index (κ2) is 7.86. The monoisotopic (exact) mass is 445 g/mol. The van der Waals surface area contributed by atoms with E-state index in [2.05, 4.69) is 26.9 Å². The zero-order valence-corrected chi connectivity index (χ0v) is 17.4. The Morgan fingerprint density at radius 3 is 2.59 bits per heavy atom. The van der Waals surface area contributed by atoms with Crippen molar-refractivity contribution in [2.75, 3.05) is 37.7 Å². The Balaban J connectivity index is 1.46. The van der Waals surface area contributed by atoms with E-state index in [9.17, 15) is 4.79 Å². The number of anilines is 1. The summed E-state index contributed by atoms with van der Waals surface area (Å²) in [4.78, 5) is 21.6. The Labute approximate surface area is 170 Å². The molecule has 2 heterocycles. The molecule has 27 heavy (non-hydrogen) atoms. The van der Waals surface area contributed by atoms with Crippen molar-refractivity contribution in [2.45, 2.75) is 6.92 Å². The van der Waals surface area contributed by atoms with Crippen LogP contribution in [0.3, 0.4) is 0 Å². The number of aromatic nitrogens is 1. The average molecular weight is 446 g/mol. The van der Waals surface area contributed by atoms with Crippen LogP contribution < -0.4 is 9.64 Å². The molecule has 1 amide bonds. The van der Waals surface area contributed by atoms with Crippen molar-refractivity contribution in [3.05, 3.63) is 52.5 Å². The van der Waals surface area contributed by atoms with Crippen molar-refractivity contribution in [1.82, 2.24) is 9.88 Å². The lowest BCUT2D eigenvalue weighted by molar-refractivity contribution is 0.0747. The minimum absolute atomic E-state index is 0.0880. The third-order valence-electron chi connectivity index (χ3n) is 4.60. The van der Waals surface area contributed by atoms with Gasteiger partial charge in [-0.05, 0) is 43.3 Å². The van der Waals surface area contributed by atoms with Crippen LogP contribution >= 0.6 is 27.3 Å². The van der Waals surface area contributed by atoms with Crippen molar-refractivity contribution >= 4 is 48.5 Å². The Hall–Kier alpha value is -2.12. The first-order valence-corrected chi connectivity index (χ1v) is 10.6. The molecule has 1 aliphatic rings. The molecule has 140 valence electrons. The van der Waals surface area contributed by atoms with Crippen LogP contribution in [0, 0.1) is 0 Å². The van der Waals surface area contributed by atoms with E-state index in [1.165, 1.54) is 0 Å². The van der Waals surface area contributed by atoms with E-state index >= 15 is 0 Å². The topological polar surface area (TPSA) is 45.7 Å². The lowest BCUT2D eigenvalue weighted by Gasteiger charge is -2.34. The smallest absolute Gasteiger partial charge is 0.253 e. The fourth-order valence-corrected chi connectivity index (χ4v) is 4.49. The highest BCUT2D eigenvalue weighted by molar-refractivity contribution is 9.10. The molecule has 1 fully saturated rings. The summed E-state index contributed by atoms with van der Waals surface area (Å²) in [6.07, 6.45) is 0. The summed E-state index contributed by atoms with van der Waals surface area (Å²) >= 11 is 5.08. The summed E-state index contributed by atoms with van der Waals surface area (Å²) in [5.74, 6) is 0.923. The number of halogens is 1. The van der Waals surface area contributed by atoms with E-state index in [4.69, 9.17) is 9.72 Å². The SMILES string of the molecule is CCOc1cccc2sc(N3CCN(C(=O)c4ccc(Br)cc4)CC3)nc12. The predicted molar refractivity (Wildman–Crippen MR) is 113 cm³/mol. The van der Waals surface area contributed by atoms with E-state index in [1.54, 1.807) is 11.3 Å². The molecule has 0 saturated carbocycles. The minimum atomic E-state index is 0.0880. The van der Waals surface area contributed by atoms with Gasteiger partial charge in [-0.3, -0.25) is 4.79 Å². The van der Waals surface area contributed by atoms with Gasteiger partial charge in [-0.2, -0.15) is 0 Å². The number of piperazine rings is 1. The van der Waals surface area contributed by atoms with E-state index in [1.807, 2.05) is 48.2 Å². The molecule has 5 nitrogen and oxygen atoms in total. The van der Waals surface area contributed by atoms with Crippen LogP contribution in [0.1, 0.15) is 17.3 Å². The van der Waals surface area contributed by atoms with Crippen LogP contribution in [0.2, 0.25) is 0 Å². The molecular formula is C20H20BrN3O2S. The molecule has 0 bridgehead atoms. The van der Waals surface area contributed by atoms with E-state index in [0.717, 1.165) is 44.2 Å². The van der Waals surface area contributed by atoms with Crippen LogP contribution in [0.15, 0.2) is 46.9 Å². The zero-order chi connectivity index (χ0) is 18.8. The van der Waals surface area contributed by atoms with Crippen molar-refractivity contribution in [1.29, 1.82) is 0 Å². The molecule has 0 spiro atoms. The molecule has 0 aliphatic carbocycles. The molecular weight excluding hydrogens is 426 g/mol. The Morgan fingerprint density at radius 1 is 1.15 bits per heavy atom. The van der Waals surface area contributed by atoms with E-state index in [-0.39, 0.29) is 5.91 Å². The second-order valence-corrected chi connectivity index (χ2v) is 8.24. The predicted octanol–water partition coefficient (Wildman–Crippen LogP) is 4.42. The molecule has 2 aromatic carbocycles. The van der Waals surface area contributed by atoms with Gasteiger partial charge in [-0.1, -0.05) is 33.3 Å². The summed E-state index contributed by atoms with van der Waals surface area (Å²) in [7, 11) is 0. The van der Waals surface area contributed by atoms with Gasteiger partial charge in [0.25, 0.3) is 5.91 Å². The first-order chi connectivity index (χ1) is 13.2. The maximum Gasteiger partial charge on any atom is 0.253 e. The van der Waals surface area contributed by atoms with Gasteiger partial charge in [-0.25, -0.2) is 4.98 Å². The molecule has 0 N–H and O–H groups in total. The quantitative estimate of drug-likeness (QED) is 0.596. The second-order valence-electron chi connectivity index (χ2n) is 6.32. The highest BCUT2D eigenvalue weighted by Crippen LogP contribution is 2.34. The van der Waals surface area contributed by atoms with Crippen molar-refractivity contribution in [3.63, 3.8) is 0 Å². The summed E-state index contributed by atoms with van der Waals surface area (Å²) in [6, 6.07) is 13.6. The van der Waals surface area contributed by atoms with Gasteiger partial charge in [0.1, 0.15) is 11.3 Å². The van der Waals surface area contributed by atoms with Crippen LogP contribution in [-0.2, 0) is 0 Å². The van der Waals surface area contributed by atoms with E-state index < -0.39 is 0 Å². The third kappa shape index (κ3) is 3.80. The summed E-state index contributed by atoms with van der Waals surface area (Å²) < 4.78 is 7.80. The van der Waals surface area contributed by atoms with Crippen LogP contribution in [0.5, 0.6) is 5.75 Å². The average Bonchev–Trinajstić information content (AvgIpc) is 3.14. The number of carbonyl (C=O) groups excluding carboxylic acids is 1. The molecule has 1 saturated heterocycles. The normalized spacial score (nSPS) is 14.6. The maximum atomic E-state index is 12.7. The van der Waals surface area contributed by atoms with Crippen molar-refractivity contribution in [2.24, 2.45) is 0 Å². The molecule has 1 aliphatic heterocycles. The Kier molecular flexibility index (Phi) is 5.31. The zero-order valence-electron chi connectivity index (χ0n) is 15.0. The number of hydrogen-bond acceptors (Lipinski definition) is 5. The summed E-state index contributed by atoms with van der Waals surface area (Å²) in [6.45, 7) is 5.57. The number of thiazole rings is 1. The van der Waals surface area contributed by atoms with Gasteiger partial charge in [0.05, 0.1) is 11.3 Å². The first kappa shape index (κ1) is 18.3. The van der Waals surface area contributed by atoms with Gasteiger partial charge in [0.15, 0.2) is 5.13 Å². The van der Waals surface area contributed by atoms with Crippen molar-refractivity contribution in [3.8, 4) is 5.75 Å². The number of carbonyl (C=O) groups is 1. The highest BCUT2D eigenvalue weighted by atomic mass is 79.9. The number of hydrogen-bond donors (Lipinski definition) is 0. The van der Waals surface area contributed by atoms with E-state index in [0.29, 0.717) is 19.7 Å². The molecule has 4 rings (SSSR count). The minimum Gasteiger partial charge on any atom is -0.492 e. The Bertz CT molecular complexity index is 950. The van der Waals surface area contributed by atoms with Crippen LogP contribution in [-0.4, -0.2) is 48.6 Å². The molecule has 0 atom stereocenters. The molecule has 0 radical (unpaired) electrons. The number of ether oxygens (including phenoxy) is 1.